The molecule has 1 amide bonds. The highest BCUT2D eigenvalue weighted by atomic mass is 19.1. The summed E-state index contributed by atoms with van der Waals surface area (Å²) in [5.74, 6) is 0.0164. The highest BCUT2D eigenvalue weighted by Crippen LogP contribution is 2.33. The number of amides is 1. The molecule has 1 aromatic heterocycles. The number of likely N-dealkylation sites (tertiary alicyclic amines) is 1. The summed E-state index contributed by atoms with van der Waals surface area (Å²) in [7, 11) is 0. The van der Waals surface area contributed by atoms with Gasteiger partial charge in [0.25, 0.3) is 5.91 Å². The van der Waals surface area contributed by atoms with Crippen LogP contribution in [0.4, 0.5) is 4.39 Å². The average Bonchev–Trinajstić information content (AvgIpc) is 3.31. The van der Waals surface area contributed by atoms with Crippen molar-refractivity contribution < 1.29 is 13.7 Å². The predicted octanol–water partition coefficient (Wildman–Crippen LogP) is 4.16. The topological polar surface area (TPSA) is 59.2 Å². The zero-order chi connectivity index (χ0) is 18.1. The molecule has 1 saturated heterocycles. The molecule has 5 nitrogen and oxygen atoms in total. The summed E-state index contributed by atoms with van der Waals surface area (Å²) in [5, 5.41) is 4.05. The number of aromatic nitrogens is 2. The number of hydrogen-bond acceptors (Lipinski definition) is 4. The van der Waals surface area contributed by atoms with Crippen molar-refractivity contribution in [2.45, 2.75) is 25.8 Å². The molecule has 6 heteroatoms. The minimum atomic E-state index is -0.519. The Hall–Kier alpha value is -3.02. The van der Waals surface area contributed by atoms with Crippen LogP contribution in [0.15, 0.2) is 53.1 Å². The highest BCUT2D eigenvalue weighted by molar-refractivity contribution is 5.94. The molecule has 0 N–H and O–H groups in total. The largest absolute Gasteiger partial charge is 0.337 e. The van der Waals surface area contributed by atoms with Gasteiger partial charge in [0, 0.05) is 12.1 Å². The van der Waals surface area contributed by atoms with Crippen molar-refractivity contribution in [3.63, 3.8) is 0 Å². The van der Waals surface area contributed by atoms with Gasteiger partial charge in [-0.05, 0) is 31.9 Å². The lowest BCUT2D eigenvalue weighted by atomic mass is 10.1. The monoisotopic (exact) mass is 351 g/mol. The van der Waals surface area contributed by atoms with Crippen molar-refractivity contribution in [1.82, 2.24) is 15.0 Å². The van der Waals surface area contributed by atoms with Crippen LogP contribution < -0.4 is 0 Å². The molecule has 4 rings (SSSR count). The number of rotatable bonds is 3. The Bertz CT molecular complexity index is 936. The number of carbonyl (C=O) groups is 1. The van der Waals surface area contributed by atoms with E-state index in [1.54, 1.807) is 17.0 Å². The van der Waals surface area contributed by atoms with Crippen molar-refractivity contribution in [2.75, 3.05) is 6.54 Å². The molecule has 1 aliphatic rings. The fraction of sp³-hybridized carbons (Fsp3) is 0.250. The molecule has 3 aromatic rings. The third-order valence-corrected chi connectivity index (χ3v) is 4.65. The molecule has 132 valence electrons. The van der Waals surface area contributed by atoms with Crippen LogP contribution >= 0.6 is 0 Å². The molecular weight excluding hydrogens is 333 g/mol. The summed E-state index contributed by atoms with van der Waals surface area (Å²) < 4.78 is 19.4. The van der Waals surface area contributed by atoms with E-state index >= 15 is 0 Å². The zero-order valence-electron chi connectivity index (χ0n) is 14.4. The summed E-state index contributed by atoms with van der Waals surface area (Å²) in [4.78, 5) is 18.9. The Morgan fingerprint density at radius 2 is 1.96 bits per heavy atom. The molecule has 1 fully saturated rings. The molecule has 1 aliphatic heterocycles. The SMILES string of the molecule is Cc1ccc(-c2noc([C@H]3CCCN3C(=O)c3ccccc3F)n2)cc1. The first-order chi connectivity index (χ1) is 12.6. The van der Waals surface area contributed by atoms with E-state index in [0.717, 1.165) is 24.0 Å². The maximum absolute atomic E-state index is 14.0. The first kappa shape index (κ1) is 16.4. The predicted molar refractivity (Wildman–Crippen MR) is 93.9 cm³/mol. The van der Waals surface area contributed by atoms with Crippen molar-refractivity contribution in [2.24, 2.45) is 0 Å². The molecule has 1 atom stereocenters. The second-order valence-electron chi connectivity index (χ2n) is 6.46. The van der Waals surface area contributed by atoms with Gasteiger partial charge in [-0.25, -0.2) is 4.39 Å². The summed E-state index contributed by atoms with van der Waals surface area (Å²) in [6.45, 7) is 2.55. The van der Waals surface area contributed by atoms with Gasteiger partial charge in [0.1, 0.15) is 11.9 Å². The van der Waals surface area contributed by atoms with Gasteiger partial charge >= 0.3 is 0 Å². The van der Waals surface area contributed by atoms with Gasteiger partial charge < -0.3 is 9.42 Å². The first-order valence-electron chi connectivity index (χ1n) is 8.59. The van der Waals surface area contributed by atoms with Gasteiger partial charge in [0.05, 0.1) is 5.56 Å². The van der Waals surface area contributed by atoms with Crippen molar-refractivity contribution in [3.05, 3.63) is 71.4 Å². The van der Waals surface area contributed by atoms with Crippen molar-refractivity contribution in [3.8, 4) is 11.4 Å². The summed E-state index contributed by atoms with van der Waals surface area (Å²) in [5.41, 5.74) is 2.07. The lowest BCUT2D eigenvalue weighted by Gasteiger charge is -2.22. The van der Waals surface area contributed by atoms with Crippen LogP contribution in [-0.2, 0) is 0 Å². The smallest absolute Gasteiger partial charge is 0.257 e. The van der Waals surface area contributed by atoms with Gasteiger partial charge in [-0.3, -0.25) is 4.79 Å². The maximum atomic E-state index is 14.0. The molecule has 2 aromatic carbocycles. The Balaban J connectivity index is 1.60. The van der Waals surface area contributed by atoms with Crippen molar-refractivity contribution >= 4 is 5.91 Å². The molecule has 0 aliphatic carbocycles. The number of halogens is 1. The van der Waals surface area contributed by atoms with E-state index < -0.39 is 5.82 Å². The van der Waals surface area contributed by atoms with E-state index in [2.05, 4.69) is 10.1 Å². The van der Waals surface area contributed by atoms with Gasteiger partial charge in [-0.1, -0.05) is 47.1 Å². The Morgan fingerprint density at radius 3 is 2.73 bits per heavy atom. The van der Waals surface area contributed by atoms with Crippen LogP contribution in [0.3, 0.4) is 0 Å². The average molecular weight is 351 g/mol. The standard InChI is InChI=1S/C20H18FN3O2/c1-13-8-10-14(11-9-13)18-22-19(26-23-18)17-7-4-12-24(17)20(25)15-5-2-3-6-16(15)21/h2-3,5-6,8-11,17H,4,7,12H2,1H3/t17-/m1/s1. The summed E-state index contributed by atoms with van der Waals surface area (Å²) >= 11 is 0. The summed E-state index contributed by atoms with van der Waals surface area (Å²) in [6, 6.07) is 13.5. The summed E-state index contributed by atoms with van der Waals surface area (Å²) in [6.07, 6.45) is 1.53. The lowest BCUT2D eigenvalue weighted by Crippen LogP contribution is -2.31. The van der Waals surface area contributed by atoms with Crippen LogP contribution in [0.5, 0.6) is 0 Å². The Morgan fingerprint density at radius 1 is 1.19 bits per heavy atom. The second-order valence-corrected chi connectivity index (χ2v) is 6.46. The van der Waals surface area contributed by atoms with E-state index in [9.17, 15) is 9.18 Å². The molecule has 0 spiro atoms. The first-order valence-corrected chi connectivity index (χ1v) is 8.59. The number of hydrogen-bond donors (Lipinski definition) is 0. The molecule has 26 heavy (non-hydrogen) atoms. The molecular formula is C20H18FN3O2. The zero-order valence-corrected chi connectivity index (χ0v) is 14.4. The van der Waals surface area contributed by atoms with E-state index in [0.29, 0.717) is 18.3 Å². The Kier molecular flexibility index (Phi) is 4.24. The molecule has 2 heterocycles. The van der Waals surface area contributed by atoms with Crippen LogP contribution in [0.25, 0.3) is 11.4 Å². The number of carbonyl (C=O) groups excluding carboxylic acids is 1. The van der Waals surface area contributed by atoms with E-state index in [1.165, 1.54) is 12.1 Å². The number of nitrogens with zero attached hydrogens (tertiary/aromatic N) is 3. The highest BCUT2D eigenvalue weighted by Gasteiger charge is 2.35. The van der Waals surface area contributed by atoms with Crippen LogP contribution in [0.1, 0.15) is 40.7 Å². The second kappa shape index (κ2) is 6.71. The number of benzene rings is 2. The van der Waals surface area contributed by atoms with E-state index in [1.807, 2.05) is 31.2 Å². The third kappa shape index (κ3) is 2.98. The quantitative estimate of drug-likeness (QED) is 0.711. The van der Waals surface area contributed by atoms with Crippen LogP contribution in [0, 0.1) is 12.7 Å². The normalized spacial score (nSPS) is 16.8. The minimum Gasteiger partial charge on any atom is -0.337 e. The molecule has 0 radical (unpaired) electrons. The fourth-order valence-corrected chi connectivity index (χ4v) is 3.25. The van der Waals surface area contributed by atoms with Crippen LogP contribution in [0.2, 0.25) is 0 Å². The van der Waals surface area contributed by atoms with Gasteiger partial charge in [0.15, 0.2) is 0 Å². The van der Waals surface area contributed by atoms with E-state index in [4.69, 9.17) is 4.52 Å². The van der Waals surface area contributed by atoms with Gasteiger partial charge in [-0.15, -0.1) is 0 Å². The fourth-order valence-electron chi connectivity index (χ4n) is 3.25. The van der Waals surface area contributed by atoms with Crippen LogP contribution in [-0.4, -0.2) is 27.5 Å². The van der Waals surface area contributed by atoms with Gasteiger partial charge in [0.2, 0.25) is 11.7 Å². The Labute approximate surface area is 150 Å². The molecule has 0 bridgehead atoms. The maximum Gasteiger partial charge on any atom is 0.257 e. The lowest BCUT2D eigenvalue weighted by molar-refractivity contribution is 0.0705. The van der Waals surface area contributed by atoms with E-state index in [-0.39, 0.29) is 17.5 Å². The van der Waals surface area contributed by atoms with Gasteiger partial charge in [-0.2, -0.15) is 4.98 Å². The number of aryl methyl sites for hydroxylation is 1. The van der Waals surface area contributed by atoms with Crippen molar-refractivity contribution in [1.29, 1.82) is 0 Å². The molecule has 0 unspecified atom stereocenters. The minimum absolute atomic E-state index is 0.0673. The molecule has 0 saturated carbocycles. The third-order valence-electron chi connectivity index (χ3n) is 4.65.